The van der Waals surface area contributed by atoms with E-state index < -0.39 is 10.0 Å². The molecule has 4 rings (SSSR count). The number of ether oxygens (including phenoxy) is 1. The molecule has 8 heteroatoms. The van der Waals surface area contributed by atoms with Crippen LogP contribution in [0.3, 0.4) is 0 Å². The van der Waals surface area contributed by atoms with Crippen molar-refractivity contribution in [1.82, 2.24) is 10.2 Å². The highest BCUT2D eigenvalue weighted by atomic mass is 32.2. The zero-order chi connectivity index (χ0) is 26.4. The molecule has 3 aromatic carbocycles. The molecule has 0 atom stereocenters. The van der Waals surface area contributed by atoms with Gasteiger partial charge in [0.25, 0.3) is 5.91 Å². The molecule has 196 valence electrons. The minimum absolute atomic E-state index is 0.167. The van der Waals surface area contributed by atoms with E-state index in [0.29, 0.717) is 17.8 Å². The highest BCUT2D eigenvalue weighted by molar-refractivity contribution is 7.92. The molecule has 0 saturated carbocycles. The smallest absolute Gasteiger partial charge is 0.251 e. The van der Waals surface area contributed by atoms with Crippen LogP contribution >= 0.6 is 0 Å². The van der Waals surface area contributed by atoms with Crippen molar-refractivity contribution >= 4 is 21.6 Å². The predicted molar refractivity (Wildman–Crippen MR) is 147 cm³/mol. The molecule has 0 aliphatic carbocycles. The Morgan fingerprint density at radius 2 is 1.57 bits per heavy atom. The number of rotatable bonds is 9. The number of morpholine rings is 1. The summed E-state index contributed by atoms with van der Waals surface area (Å²) in [5.74, 6) is -0.167. The predicted octanol–water partition coefficient (Wildman–Crippen LogP) is 4.03. The first-order chi connectivity index (χ1) is 17.7. The Labute approximate surface area is 220 Å². The van der Waals surface area contributed by atoms with E-state index >= 15 is 0 Å². The molecule has 0 radical (unpaired) electrons. The van der Waals surface area contributed by atoms with Gasteiger partial charge < -0.3 is 10.1 Å². The number of carbonyl (C=O) groups excluding carboxylic acids is 1. The fourth-order valence-corrected chi connectivity index (χ4v) is 5.43. The van der Waals surface area contributed by atoms with Gasteiger partial charge in [-0.3, -0.25) is 14.0 Å². The van der Waals surface area contributed by atoms with Crippen LogP contribution in [0.4, 0.5) is 5.69 Å². The number of hydrogen-bond acceptors (Lipinski definition) is 5. The van der Waals surface area contributed by atoms with Crippen LogP contribution in [0.5, 0.6) is 0 Å². The molecule has 7 nitrogen and oxygen atoms in total. The molecule has 0 bridgehead atoms. The molecule has 3 aromatic rings. The lowest BCUT2D eigenvalue weighted by Crippen LogP contribution is -2.35. The molecule has 1 amide bonds. The lowest BCUT2D eigenvalue weighted by atomic mass is 10.1. The average Bonchev–Trinajstić information content (AvgIpc) is 2.86. The van der Waals surface area contributed by atoms with E-state index in [1.54, 1.807) is 24.3 Å². The monoisotopic (exact) mass is 521 g/mol. The first-order valence-electron chi connectivity index (χ1n) is 12.5. The molecule has 1 heterocycles. The standard InChI is InChI=1S/C29H35N3O4S/c1-22-15-23(2)17-28(16-22)32(37(3,34)35)21-24-7-9-27(10-8-24)29(33)30-19-25-5-4-6-26(18-25)20-31-11-13-36-14-12-31/h4-10,15-18H,11-14,19-21H2,1-3H3,(H,30,33). The lowest BCUT2D eigenvalue weighted by Gasteiger charge is -2.26. The van der Waals surface area contributed by atoms with Gasteiger partial charge in [-0.2, -0.15) is 0 Å². The van der Waals surface area contributed by atoms with Crippen molar-refractivity contribution in [3.05, 3.63) is 100 Å². The van der Waals surface area contributed by atoms with Crippen LogP contribution in [0.15, 0.2) is 66.7 Å². The Balaban J connectivity index is 1.37. The van der Waals surface area contributed by atoms with E-state index in [-0.39, 0.29) is 12.5 Å². The molecule has 37 heavy (non-hydrogen) atoms. The number of anilines is 1. The summed E-state index contributed by atoms with van der Waals surface area (Å²) in [5, 5.41) is 2.99. The molecule has 1 aliphatic heterocycles. The van der Waals surface area contributed by atoms with Crippen molar-refractivity contribution in [3.63, 3.8) is 0 Å². The normalized spacial score (nSPS) is 14.4. The van der Waals surface area contributed by atoms with Gasteiger partial charge >= 0.3 is 0 Å². The van der Waals surface area contributed by atoms with Crippen molar-refractivity contribution in [2.45, 2.75) is 33.5 Å². The van der Waals surface area contributed by atoms with Gasteiger partial charge in [-0.15, -0.1) is 0 Å². The fraction of sp³-hybridized carbons (Fsp3) is 0.345. The van der Waals surface area contributed by atoms with Crippen LogP contribution in [0.2, 0.25) is 0 Å². The second-order valence-electron chi connectivity index (χ2n) is 9.70. The van der Waals surface area contributed by atoms with E-state index in [1.807, 2.05) is 44.2 Å². The van der Waals surface area contributed by atoms with Gasteiger partial charge in [0.2, 0.25) is 10.0 Å². The zero-order valence-corrected chi connectivity index (χ0v) is 22.6. The first kappa shape index (κ1) is 26.9. The van der Waals surface area contributed by atoms with E-state index in [0.717, 1.165) is 55.1 Å². The SMILES string of the molecule is Cc1cc(C)cc(N(Cc2ccc(C(=O)NCc3cccc(CN4CCOCC4)c3)cc2)S(C)(=O)=O)c1. The van der Waals surface area contributed by atoms with Gasteiger partial charge in [0.15, 0.2) is 0 Å². The largest absolute Gasteiger partial charge is 0.379 e. The number of aryl methyl sites for hydroxylation is 2. The molecule has 1 aliphatic rings. The Kier molecular flexibility index (Phi) is 8.63. The van der Waals surface area contributed by atoms with Crippen LogP contribution < -0.4 is 9.62 Å². The number of amides is 1. The van der Waals surface area contributed by atoms with Crippen LogP contribution in [0.1, 0.15) is 38.2 Å². The van der Waals surface area contributed by atoms with Gasteiger partial charge in [-0.1, -0.05) is 42.5 Å². The van der Waals surface area contributed by atoms with Crippen LogP contribution in [0, 0.1) is 13.8 Å². The number of carbonyl (C=O) groups is 1. The van der Waals surface area contributed by atoms with E-state index in [9.17, 15) is 13.2 Å². The number of sulfonamides is 1. The topological polar surface area (TPSA) is 79.0 Å². The van der Waals surface area contributed by atoms with Crippen LogP contribution in [-0.2, 0) is 34.4 Å². The minimum Gasteiger partial charge on any atom is -0.379 e. The molecule has 1 fully saturated rings. The summed E-state index contributed by atoms with van der Waals surface area (Å²) >= 11 is 0. The van der Waals surface area contributed by atoms with Crippen molar-refractivity contribution in [2.75, 3.05) is 36.9 Å². The van der Waals surface area contributed by atoms with E-state index in [4.69, 9.17) is 4.74 Å². The van der Waals surface area contributed by atoms with Crippen LogP contribution in [0.25, 0.3) is 0 Å². The summed E-state index contributed by atoms with van der Waals surface area (Å²) in [6.07, 6.45) is 1.21. The molecular weight excluding hydrogens is 486 g/mol. The number of benzene rings is 3. The maximum absolute atomic E-state index is 12.8. The Hall–Kier alpha value is -3.20. The molecule has 0 spiro atoms. The molecular formula is C29H35N3O4S. The summed E-state index contributed by atoms with van der Waals surface area (Å²) in [6, 6.07) is 21.1. The maximum Gasteiger partial charge on any atom is 0.251 e. The third-order valence-corrected chi connectivity index (χ3v) is 7.53. The highest BCUT2D eigenvalue weighted by Crippen LogP contribution is 2.24. The summed E-state index contributed by atoms with van der Waals surface area (Å²) in [5.41, 5.74) is 6.25. The fourth-order valence-electron chi connectivity index (χ4n) is 4.56. The van der Waals surface area contributed by atoms with Crippen molar-refractivity contribution in [3.8, 4) is 0 Å². The maximum atomic E-state index is 12.8. The number of hydrogen-bond donors (Lipinski definition) is 1. The number of nitrogens with zero attached hydrogens (tertiary/aromatic N) is 2. The van der Waals surface area contributed by atoms with Gasteiger partial charge in [-0.25, -0.2) is 8.42 Å². The van der Waals surface area contributed by atoms with E-state index in [1.165, 1.54) is 16.1 Å². The molecule has 1 N–H and O–H groups in total. The Bertz CT molecular complexity index is 1310. The summed E-state index contributed by atoms with van der Waals surface area (Å²) in [7, 11) is -3.48. The third kappa shape index (κ3) is 7.64. The Morgan fingerprint density at radius 3 is 2.22 bits per heavy atom. The van der Waals surface area contributed by atoms with Gasteiger partial charge in [0.05, 0.1) is 31.7 Å². The van der Waals surface area contributed by atoms with Crippen LogP contribution in [-0.4, -0.2) is 51.8 Å². The minimum atomic E-state index is -3.48. The first-order valence-corrected chi connectivity index (χ1v) is 14.3. The Morgan fingerprint density at radius 1 is 0.919 bits per heavy atom. The zero-order valence-electron chi connectivity index (χ0n) is 21.7. The lowest BCUT2D eigenvalue weighted by molar-refractivity contribution is 0.0342. The summed E-state index contributed by atoms with van der Waals surface area (Å²) in [4.78, 5) is 15.1. The highest BCUT2D eigenvalue weighted by Gasteiger charge is 2.19. The van der Waals surface area contributed by atoms with Crippen molar-refractivity contribution < 1.29 is 17.9 Å². The molecule has 0 aromatic heterocycles. The van der Waals surface area contributed by atoms with Crippen molar-refractivity contribution in [2.24, 2.45) is 0 Å². The molecule has 1 saturated heterocycles. The number of nitrogens with one attached hydrogen (secondary N) is 1. The summed E-state index contributed by atoms with van der Waals surface area (Å²) < 4.78 is 31.9. The second kappa shape index (κ2) is 11.9. The van der Waals surface area contributed by atoms with Gasteiger partial charge in [-0.05, 0) is 65.9 Å². The average molecular weight is 522 g/mol. The van der Waals surface area contributed by atoms with Gasteiger partial charge in [0.1, 0.15) is 0 Å². The second-order valence-corrected chi connectivity index (χ2v) is 11.6. The quantitative estimate of drug-likeness (QED) is 0.460. The van der Waals surface area contributed by atoms with E-state index in [2.05, 4.69) is 22.3 Å². The molecule has 0 unspecified atom stereocenters. The third-order valence-electron chi connectivity index (χ3n) is 6.39. The van der Waals surface area contributed by atoms with Gasteiger partial charge in [0, 0.05) is 31.7 Å². The van der Waals surface area contributed by atoms with Crippen molar-refractivity contribution in [1.29, 1.82) is 0 Å². The summed E-state index contributed by atoms with van der Waals surface area (Å²) in [6.45, 7) is 8.81.